The van der Waals surface area contributed by atoms with Crippen molar-refractivity contribution >= 4 is 17.4 Å². The molecular formula is C23H31N3O2. The normalized spacial score (nSPS) is 19.3. The number of nitrogens with one attached hydrogen (secondary N) is 1. The first kappa shape index (κ1) is 20.2. The molecule has 0 aliphatic carbocycles. The van der Waals surface area contributed by atoms with E-state index in [1.54, 1.807) is 0 Å². The number of hydrogen-bond donors (Lipinski definition) is 1. The van der Waals surface area contributed by atoms with Gasteiger partial charge in [0.25, 0.3) is 0 Å². The molecule has 1 heterocycles. The highest BCUT2D eigenvalue weighted by Gasteiger charge is 2.22. The molecule has 3 rings (SSSR count). The minimum atomic E-state index is -0.0629. The summed E-state index contributed by atoms with van der Waals surface area (Å²) in [6.07, 6.45) is 1.37. The summed E-state index contributed by atoms with van der Waals surface area (Å²) in [4.78, 5) is 17.0. The van der Waals surface area contributed by atoms with Crippen molar-refractivity contribution in [2.45, 2.75) is 45.9 Å². The fourth-order valence-corrected chi connectivity index (χ4v) is 3.67. The highest BCUT2D eigenvalue weighted by atomic mass is 16.5. The van der Waals surface area contributed by atoms with Crippen LogP contribution in [0, 0.1) is 0 Å². The lowest BCUT2D eigenvalue weighted by atomic mass is 10.2. The van der Waals surface area contributed by atoms with Crippen LogP contribution in [0.25, 0.3) is 0 Å². The molecule has 1 aliphatic rings. The first-order valence-electron chi connectivity index (χ1n) is 10.2. The number of carbonyl (C=O) groups is 1. The summed E-state index contributed by atoms with van der Waals surface area (Å²) in [5, 5.41) is 3.04. The maximum Gasteiger partial charge on any atom is 0.322 e. The van der Waals surface area contributed by atoms with Crippen LogP contribution in [0.15, 0.2) is 54.6 Å². The van der Waals surface area contributed by atoms with Gasteiger partial charge in [0.15, 0.2) is 0 Å². The first-order valence-corrected chi connectivity index (χ1v) is 10.2. The monoisotopic (exact) mass is 381 g/mol. The van der Waals surface area contributed by atoms with Crippen molar-refractivity contribution in [3.63, 3.8) is 0 Å². The molecule has 2 atom stereocenters. The molecule has 0 spiro atoms. The highest BCUT2D eigenvalue weighted by molar-refractivity contribution is 5.89. The maximum absolute atomic E-state index is 12.8. The average molecular weight is 382 g/mol. The van der Waals surface area contributed by atoms with Crippen molar-refractivity contribution < 1.29 is 9.53 Å². The zero-order valence-electron chi connectivity index (χ0n) is 17.1. The minimum absolute atomic E-state index is 0.0629. The van der Waals surface area contributed by atoms with Gasteiger partial charge in [0.2, 0.25) is 0 Å². The Morgan fingerprint density at radius 3 is 2.32 bits per heavy atom. The Morgan fingerprint density at radius 1 is 1.07 bits per heavy atom. The lowest BCUT2D eigenvalue weighted by molar-refractivity contribution is -0.00521. The number of amides is 2. The number of carbonyl (C=O) groups excluding carboxylic acids is 1. The van der Waals surface area contributed by atoms with Gasteiger partial charge in [-0.05, 0) is 50.1 Å². The van der Waals surface area contributed by atoms with Gasteiger partial charge in [-0.15, -0.1) is 0 Å². The Hall–Kier alpha value is -2.53. The number of nitrogens with zero attached hydrogens (tertiary/aromatic N) is 2. The molecule has 1 fully saturated rings. The summed E-state index contributed by atoms with van der Waals surface area (Å²) in [7, 11) is 0. The lowest BCUT2D eigenvalue weighted by Crippen LogP contribution is -2.45. The van der Waals surface area contributed by atoms with E-state index in [1.807, 2.05) is 35.2 Å². The zero-order chi connectivity index (χ0) is 19.9. The molecule has 28 heavy (non-hydrogen) atoms. The lowest BCUT2D eigenvalue weighted by Gasteiger charge is -2.36. The second kappa shape index (κ2) is 9.60. The van der Waals surface area contributed by atoms with Crippen molar-refractivity contribution in [1.82, 2.24) is 4.90 Å². The number of ether oxygens (including phenoxy) is 1. The highest BCUT2D eigenvalue weighted by Crippen LogP contribution is 2.22. The zero-order valence-corrected chi connectivity index (χ0v) is 17.1. The minimum Gasteiger partial charge on any atom is -0.372 e. The summed E-state index contributed by atoms with van der Waals surface area (Å²) in [6.45, 7) is 9.41. The summed E-state index contributed by atoms with van der Waals surface area (Å²) in [5.41, 5.74) is 3.11. The van der Waals surface area contributed by atoms with E-state index in [9.17, 15) is 4.79 Å². The molecule has 0 saturated carbocycles. The Labute approximate surface area is 168 Å². The number of urea groups is 1. The number of anilines is 2. The van der Waals surface area contributed by atoms with E-state index in [2.05, 4.69) is 55.3 Å². The van der Waals surface area contributed by atoms with Crippen LogP contribution in [0.5, 0.6) is 0 Å². The Balaban J connectivity index is 1.62. The van der Waals surface area contributed by atoms with Gasteiger partial charge in [0.05, 0.1) is 12.2 Å². The number of hydrogen-bond acceptors (Lipinski definition) is 3. The van der Waals surface area contributed by atoms with Gasteiger partial charge in [-0.2, -0.15) is 0 Å². The summed E-state index contributed by atoms with van der Waals surface area (Å²) in [6, 6.07) is 18.1. The number of benzene rings is 2. The Kier molecular flexibility index (Phi) is 6.93. The molecule has 0 radical (unpaired) electrons. The topological polar surface area (TPSA) is 44.8 Å². The fourth-order valence-electron chi connectivity index (χ4n) is 3.67. The third kappa shape index (κ3) is 5.49. The average Bonchev–Trinajstić information content (AvgIpc) is 2.68. The summed E-state index contributed by atoms with van der Waals surface area (Å²) < 4.78 is 5.81. The van der Waals surface area contributed by atoms with Crippen LogP contribution in [0.3, 0.4) is 0 Å². The van der Waals surface area contributed by atoms with Crippen LogP contribution < -0.4 is 10.2 Å². The van der Waals surface area contributed by atoms with Gasteiger partial charge < -0.3 is 19.9 Å². The van der Waals surface area contributed by atoms with E-state index in [4.69, 9.17) is 4.74 Å². The van der Waals surface area contributed by atoms with Gasteiger partial charge in [0, 0.05) is 37.6 Å². The van der Waals surface area contributed by atoms with E-state index < -0.39 is 0 Å². The molecule has 5 heteroatoms. The van der Waals surface area contributed by atoms with Crippen LogP contribution >= 0.6 is 0 Å². The largest absolute Gasteiger partial charge is 0.372 e. The molecule has 2 unspecified atom stereocenters. The van der Waals surface area contributed by atoms with Gasteiger partial charge in [-0.3, -0.25) is 0 Å². The molecule has 1 saturated heterocycles. The van der Waals surface area contributed by atoms with E-state index in [0.29, 0.717) is 6.54 Å². The van der Waals surface area contributed by atoms with E-state index in [0.717, 1.165) is 43.0 Å². The quantitative estimate of drug-likeness (QED) is 0.786. The molecule has 1 N–H and O–H groups in total. The standard InChI is InChI=1S/C23H31N3O2/c1-4-14-25(17-20-8-6-5-7-9-20)23(27)24-21-10-12-22(13-11-21)26-15-18(2)28-19(3)16-26/h5-13,18-19H,4,14-17H2,1-3H3,(H,24,27). The van der Waals surface area contributed by atoms with Crippen LogP contribution in [0.2, 0.25) is 0 Å². The predicted octanol–water partition coefficient (Wildman–Crippen LogP) is 4.74. The van der Waals surface area contributed by atoms with Crippen molar-refractivity contribution in [3.8, 4) is 0 Å². The smallest absolute Gasteiger partial charge is 0.322 e. The van der Waals surface area contributed by atoms with Crippen LogP contribution in [-0.4, -0.2) is 42.8 Å². The van der Waals surface area contributed by atoms with Crippen molar-refractivity contribution in [3.05, 3.63) is 60.2 Å². The Bertz CT molecular complexity index is 738. The molecular weight excluding hydrogens is 350 g/mol. The van der Waals surface area contributed by atoms with E-state index in [1.165, 1.54) is 0 Å². The van der Waals surface area contributed by atoms with Crippen LogP contribution in [0.4, 0.5) is 16.2 Å². The molecule has 2 aromatic rings. The van der Waals surface area contributed by atoms with Crippen molar-refractivity contribution in [2.75, 3.05) is 29.9 Å². The second-order valence-electron chi connectivity index (χ2n) is 7.55. The number of rotatable bonds is 6. The van der Waals surface area contributed by atoms with Crippen LogP contribution in [0.1, 0.15) is 32.8 Å². The third-order valence-corrected chi connectivity index (χ3v) is 4.90. The molecule has 150 valence electrons. The predicted molar refractivity (Wildman–Crippen MR) is 115 cm³/mol. The molecule has 2 aromatic carbocycles. The molecule has 1 aliphatic heterocycles. The Morgan fingerprint density at radius 2 is 1.71 bits per heavy atom. The molecule has 0 bridgehead atoms. The summed E-state index contributed by atoms with van der Waals surface area (Å²) in [5.74, 6) is 0. The fraction of sp³-hybridized carbons (Fsp3) is 0.435. The summed E-state index contributed by atoms with van der Waals surface area (Å²) >= 11 is 0. The van der Waals surface area contributed by atoms with Gasteiger partial charge in [0.1, 0.15) is 0 Å². The van der Waals surface area contributed by atoms with Gasteiger partial charge in [-0.25, -0.2) is 4.79 Å². The van der Waals surface area contributed by atoms with Gasteiger partial charge in [-0.1, -0.05) is 37.3 Å². The SMILES string of the molecule is CCCN(Cc1ccccc1)C(=O)Nc1ccc(N2CC(C)OC(C)C2)cc1. The molecule has 0 aromatic heterocycles. The van der Waals surface area contributed by atoms with Crippen molar-refractivity contribution in [2.24, 2.45) is 0 Å². The third-order valence-electron chi connectivity index (χ3n) is 4.90. The van der Waals surface area contributed by atoms with E-state index in [-0.39, 0.29) is 18.2 Å². The molecule has 2 amide bonds. The van der Waals surface area contributed by atoms with Crippen LogP contribution in [-0.2, 0) is 11.3 Å². The first-order chi connectivity index (χ1) is 13.5. The van der Waals surface area contributed by atoms with E-state index >= 15 is 0 Å². The number of morpholine rings is 1. The maximum atomic E-state index is 12.8. The van der Waals surface area contributed by atoms with Gasteiger partial charge >= 0.3 is 6.03 Å². The van der Waals surface area contributed by atoms with Crippen molar-refractivity contribution in [1.29, 1.82) is 0 Å². The second-order valence-corrected chi connectivity index (χ2v) is 7.55. The molecule has 5 nitrogen and oxygen atoms in total.